The Labute approximate surface area is 155 Å². The first-order valence-corrected chi connectivity index (χ1v) is 8.73. The van der Waals surface area contributed by atoms with E-state index in [0.29, 0.717) is 12.4 Å². The van der Waals surface area contributed by atoms with Crippen LogP contribution in [-0.4, -0.2) is 29.6 Å². The molecule has 6 nitrogen and oxygen atoms in total. The first-order chi connectivity index (χ1) is 13.4. The molecule has 3 aromatic heterocycles. The molecule has 0 spiro atoms. The molecule has 130 valence electrons. The number of pyridine rings is 1. The van der Waals surface area contributed by atoms with E-state index in [-0.39, 0.29) is 0 Å². The predicted molar refractivity (Wildman–Crippen MR) is 103 cm³/mol. The number of hydrogen-bond acceptors (Lipinski definition) is 4. The summed E-state index contributed by atoms with van der Waals surface area (Å²) in [4.78, 5) is 6.43. The molecule has 3 heterocycles. The summed E-state index contributed by atoms with van der Waals surface area (Å²) in [6.07, 6.45) is 2.01. The third-order valence-electron chi connectivity index (χ3n) is 4.45. The molecule has 0 bridgehead atoms. The molecule has 0 amide bonds. The van der Waals surface area contributed by atoms with Gasteiger partial charge in [0.25, 0.3) is 0 Å². The molecule has 0 saturated carbocycles. The molecule has 27 heavy (non-hydrogen) atoms. The standard InChI is InChI=1S/C21H16N6/c1-3-9-16(10-4-1)20-18(26-14-8-7-13-19(26)22-20)15-27-24-21(23-25-27)17-11-5-2-6-12-17/h1-14H,15H2. The summed E-state index contributed by atoms with van der Waals surface area (Å²) < 4.78 is 2.08. The topological polar surface area (TPSA) is 60.9 Å². The molecule has 0 radical (unpaired) electrons. The minimum absolute atomic E-state index is 0.481. The molecule has 6 heteroatoms. The molecular weight excluding hydrogens is 336 g/mol. The van der Waals surface area contributed by atoms with Gasteiger partial charge in [-0.05, 0) is 17.3 Å². The van der Waals surface area contributed by atoms with Crippen molar-refractivity contribution in [3.63, 3.8) is 0 Å². The number of rotatable bonds is 4. The van der Waals surface area contributed by atoms with E-state index < -0.39 is 0 Å². The number of benzene rings is 2. The van der Waals surface area contributed by atoms with Gasteiger partial charge in [-0.15, -0.1) is 10.2 Å². The summed E-state index contributed by atoms with van der Waals surface area (Å²) in [6.45, 7) is 0.481. The predicted octanol–water partition coefficient (Wildman–Crippen LogP) is 3.70. The van der Waals surface area contributed by atoms with Crippen LogP contribution in [0, 0.1) is 0 Å². The van der Waals surface area contributed by atoms with Crippen LogP contribution >= 0.6 is 0 Å². The fraction of sp³-hybridized carbons (Fsp3) is 0.0476. The van der Waals surface area contributed by atoms with Gasteiger partial charge in [-0.2, -0.15) is 4.80 Å². The van der Waals surface area contributed by atoms with Crippen molar-refractivity contribution in [1.82, 2.24) is 29.6 Å². The van der Waals surface area contributed by atoms with Crippen molar-refractivity contribution in [3.8, 4) is 22.6 Å². The number of hydrogen-bond donors (Lipinski definition) is 0. The maximum Gasteiger partial charge on any atom is 0.204 e. The second kappa shape index (κ2) is 6.49. The van der Waals surface area contributed by atoms with Crippen molar-refractivity contribution >= 4 is 5.65 Å². The lowest BCUT2D eigenvalue weighted by Crippen LogP contribution is -2.07. The average molecular weight is 352 g/mol. The maximum absolute atomic E-state index is 4.82. The minimum Gasteiger partial charge on any atom is -0.301 e. The van der Waals surface area contributed by atoms with Crippen molar-refractivity contribution in [1.29, 1.82) is 0 Å². The van der Waals surface area contributed by atoms with E-state index in [9.17, 15) is 0 Å². The van der Waals surface area contributed by atoms with Crippen LogP contribution in [0.2, 0.25) is 0 Å². The Morgan fingerprint density at radius 1 is 0.741 bits per heavy atom. The zero-order chi connectivity index (χ0) is 18.1. The van der Waals surface area contributed by atoms with Gasteiger partial charge in [0, 0.05) is 17.3 Å². The molecule has 2 aromatic carbocycles. The maximum atomic E-state index is 4.82. The molecule has 0 N–H and O–H groups in total. The zero-order valence-electron chi connectivity index (χ0n) is 14.5. The lowest BCUT2D eigenvalue weighted by molar-refractivity contribution is 0.563. The van der Waals surface area contributed by atoms with Gasteiger partial charge in [0.15, 0.2) is 0 Å². The molecule has 0 unspecified atom stereocenters. The molecule has 5 aromatic rings. The lowest BCUT2D eigenvalue weighted by atomic mass is 10.1. The van der Waals surface area contributed by atoms with Gasteiger partial charge in [-0.3, -0.25) is 0 Å². The Hall–Kier alpha value is -3.80. The van der Waals surface area contributed by atoms with Crippen LogP contribution in [0.3, 0.4) is 0 Å². The minimum atomic E-state index is 0.481. The summed E-state index contributed by atoms with van der Waals surface area (Å²) in [6, 6.07) is 26.0. The van der Waals surface area contributed by atoms with E-state index in [1.54, 1.807) is 4.80 Å². The summed E-state index contributed by atoms with van der Waals surface area (Å²) in [5.41, 5.74) is 4.87. The lowest BCUT2D eigenvalue weighted by Gasteiger charge is -2.04. The summed E-state index contributed by atoms with van der Waals surface area (Å²) in [5, 5.41) is 13.0. The second-order valence-corrected chi connectivity index (χ2v) is 6.21. The Kier molecular flexibility index (Phi) is 3.72. The fourth-order valence-corrected chi connectivity index (χ4v) is 3.17. The summed E-state index contributed by atoms with van der Waals surface area (Å²) in [7, 11) is 0. The van der Waals surface area contributed by atoms with E-state index in [4.69, 9.17) is 4.98 Å². The van der Waals surface area contributed by atoms with Gasteiger partial charge in [0.1, 0.15) is 12.2 Å². The highest BCUT2D eigenvalue weighted by molar-refractivity contribution is 5.66. The van der Waals surface area contributed by atoms with Gasteiger partial charge in [0.2, 0.25) is 5.82 Å². The van der Waals surface area contributed by atoms with Crippen LogP contribution in [0.1, 0.15) is 5.69 Å². The normalized spacial score (nSPS) is 11.1. The first kappa shape index (κ1) is 15.5. The van der Waals surface area contributed by atoms with Crippen LogP contribution in [0.25, 0.3) is 28.3 Å². The molecule has 0 atom stereocenters. The molecule has 0 saturated heterocycles. The van der Waals surface area contributed by atoms with Crippen LogP contribution < -0.4 is 0 Å². The third-order valence-corrected chi connectivity index (χ3v) is 4.45. The fourth-order valence-electron chi connectivity index (χ4n) is 3.17. The quantitative estimate of drug-likeness (QED) is 0.495. The summed E-state index contributed by atoms with van der Waals surface area (Å²) >= 11 is 0. The molecule has 0 fully saturated rings. The van der Waals surface area contributed by atoms with Crippen LogP contribution in [0.5, 0.6) is 0 Å². The Morgan fingerprint density at radius 3 is 2.22 bits per heavy atom. The number of nitrogens with zero attached hydrogens (tertiary/aromatic N) is 6. The molecular formula is C21H16N6. The monoisotopic (exact) mass is 352 g/mol. The van der Waals surface area contributed by atoms with Gasteiger partial charge >= 0.3 is 0 Å². The van der Waals surface area contributed by atoms with E-state index in [0.717, 1.165) is 28.2 Å². The highest BCUT2D eigenvalue weighted by Crippen LogP contribution is 2.25. The number of aromatic nitrogens is 6. The Bertz CT molecular complexity index is 1190. The van der Waals surface area contributed by atoms with Gasteiger partial charge in [0.05, 0.1) is 11.4 Å². The van der Waals surface area contributed by atoms with Crippen LogP contribution in [-0.2, 0) is 6.54 Å². The van der Waals surface area contributed by atoms with E-state index >= 15 is 0 Å². The van der Waals surface area contributed by atoms with E-state index in [1.807, 2.05) is 72.9 Å². The third kappa shape index (κ3) is 2.87. The van der Waals surface area contributed by atoms with E-state index in [1.165, 1.54) is 0 Å². The highest BCUT2D eigenvalue weighted by atomic mass is 15.6. The van der Waals surface area contributed by atoms with E-state index in [2.05, 4.69) is 31.9 Å². The smallest absolute Gasteiger partial charge is 0.204 e. The molecule has 0 aliphatic heterocycles. The largest absolute Gasteiger partial charge is 0.301 e. The first-order valence-electron chi connectivity index (χ1n) is 8.73. The number of fused-ring (bicyclic) bond motifs is 1. The highest BCUT2D eigenvalue weighted by Gasteiger charge is 2.16. The number of tetrazole rings is 1. The number of imidazole rings is 1. The Morgan fingerprint density at radius 2 is 1.44 bits per heavy atom. The van der Waals surface area contributed by atoms with Crippen molar-refractivity contribution in [2.24, 2.45) is 0 Å². The van der Waals surface area contributed by atoms with Crippen molar-refractivity contribution < 1.29 is 0 Å². The second-order valence-electron chi connectivity index (χ2n) is 6.21. The van der Waals surface area contributed by atoms with Crippen molar-refractivity contribution in [3.05, 3.63) is 90.8 Å². The molecule has 0 aliphatic rings. The molecule has 0 aliphatic carbocycles. The van der Waals surface area contributed by atoms with Gasteiger partial charge in [-0.1, -0.05) is 66.7 Å². The van der Waals surface area contributed by atoms with Crippen LogP contribution in [0.4, 0.5) is 0 Å². The SMILES string of the molecule is c1ccc(-c2nnn(Cc3c(-c4ccccc4)nc4ccccn34)n2)cc1. The average Bonchev–Trinajstić information content (AvgIpc) is 3.35. The Balaban J connectivity index is 1.58. The van der Waals surface area contributed by atoms with Crippen LogP contribution in [0.15, 0.2) is 85.1 Å². The molecule has 5 rings (SSSR count). The van der Waals surface area contributed by atoms with Crippen molar-refractivity contribution in [2.45, 2.75) is 6.54 Å². The summed E-state index contributed by atoms with van der Waals surface area (Å²) in [5.74, 6) is 0.616. The van der Waals surface area contributed by atoms with Crippen molar-refractivity contribution in [2.75, 3.05) is 0 Å². The van der Waals surface area contributed by atoms with Gasteiger partial charge < -0.3 is 4.40 Å². The van der Waals surface area contributed by atoms with Gasteiger partial charge in [-0.25, -0.2) is 4.98 Å². The zero-order valence-corrected chi connectivity index (χ0v) is 14.5.